The molecule has 0 amide bonds. The predicted molar refractivity (Wildman–Crippen MR) is 102 cm³/mol. The van der Waals surface area contributed by atoms with E-state index >= 15 is 0 Å². The van der Waals surface area contributed by atoms with Crippen LogP contribution in [0.5, 0.6) is 17.2 Å². The monoisotopic (exact) mass is 378 g/mol. The van der Waals surface area contributed by atoms with Crippen LogP contribution >= 0.6 is 0 Å². The van der Waals surface area contributed by atoms with Crippen molar-refractivity contribution in [3.8, 4) is 17.2 Å². The molecular weight excluding hydrogens is 352 g/mol. The van der Waals surface area contributed by atoms with Gasteiger partial charge in [-0.1, -0.05) is 57.2 Å². The molecule has 0 radical (unpaired) electrons. The lowest BCUT2D eigenvalue weighted by Crippen LogP contribution is -2.02. The zero-order valence-electron chi connectivity index (χ0n) is 15.0. The molecule has 0 bridgehead atoms. The van der Waals surface area contributed by atoms with Crippen LogP contribution in [0.3, 0.4) is 0 Å². The molecule has 0 aromatic heterocycles. The molecule has 2 N–H and O–H groups in total. The van der Waals surface area contributed by atoms with Crippen LogP contribution in [0.25, 0.3) is 0 Å². The van der Waals surface area contributed by atoms with E-state index in [2.05, 4.69) is 6.92 Å². The molecule has 0 unspecified atom stereocenters. The zero-order valence-corrected chi connectivity index (χ0v) is 15.8. The highest BCUT2D eigenvalue weighted by Crippen LogP contribution is 2.35. The SMILES string of the molecule is CCCCCCCCc1c(O)cccc1Oc1ccccc1S(=O)(=O)O. The van der Waals surface area contributed by atoms with Crippen LogP contribution < -0.4 is 4.74 Å². The van der Waals surface area contributed by atoms with E-state index in [0.29, 0.717) is 17.7 Å². The molecule has 0 fully saturated rings. The molecule has 6 heteroatoms. The fourth-order valence-electron chi connectivity index (χ4n) is 2.85. The molecule has 0 aliphatic rings. The highest BCUT2D eigenvalue weighted by Gasteiger charge is 2.18. The maximum atomic E-state index is 11.5. The summed E-state index contributed by atoms with van der Waals surface area (Å²) < 4.78 is 38.1. The Hall–Kier alpha value is -2.05. The first-order valence-electron chi connectivity index (χ1n) is 8.98. The second-order valence-electron chi connectivity index (χ2n) is 6.30. The summed E-state index contributed by atoms with van der Waals surface area (Å²) in [4.78, 5) is -0.297. The minimum atomic E-state index is -4.39. The van der Waals surface area contributed by atoms with Gasteiger partial charge in [-0.25, -0.2) is 0 Å². The first kappa shape index (κ1) is 20.3. The van der Waals surface area contributed by atoms with E-state index in [1.54, 1.807) is 24.3 Å². The summed E-state index contributed by atoms with van der Waals surface area (Å²) in [7, 11) is -4.39. The van der Waals surface area contributed by atoms with Gasteiger partial charge in [0.1, 0.15) is 22.1 Å². The Labute approximate surface area is 155 Å². The summed E-state index contributed by atoms with van der Waals surface area (Å²) in [5.74, 6) is 0.555. The fraction of sp³-hybridized carbons (Fsp3) is 0.400. The number of unbranched alkanes of at least 4 members (excludes halogenated alkanes) is 5. The van der Waals surface area contributed by atoms with Crippen LogP contribution in [0.15, 0.2) is 47.4 Å². The van der Waals surface area contributed by atoms with Crippen LogP contribution in [0.4, 0.5) is 0 Å². The van der Waals surface area contributed by atoms with Crippen molar-refractivity contribution in [2.24, 2.45) is 0 Å². The summed E-state index contributed by atoms with van der Waals surface area (Å²) in [5, 5.41) is 10.2. The molecule has 0 atom stereocenters. The lowest BCUT2D eigenvalue weighted by atomic mass is 10.0. The van der Waals surface area contributed by atoms with Crippen molar-refractivity contribution < 1.29 is 22.8 Å². The summed E-state index contributed by atoms with van der Waals surface area (Å²) in [6.07, 6.45) is 7.42. The lowest BCUT2D eigenvalue weighted by molar-refractivity contribution is 0.430. The van der Waals surface area contributed by atoms with Gasteiger partial charge in [0.25, 0.3) is 10.1 Å². The van der Waals surface area contributed by atoms with E-state index in [-0.39, 0.29) is 16.4 Å². The third-order valence-corrected chi connectivity index (χ3v) is 5.13. The van der Waals surface area contributed by atoms with Crippen LogP contribution in [0.1, 0.15) is 51.0 Å². The molecular formula is C20H26O5S. The third kappa shape index (κ3) is 5.75. The van der Waals surface area contributed by atoms with E-state index in [9.17, 15) is 18.1 Å². The number of aromatic hydroxyl groups is 1. The van der Waals surface area contributed by atoms with Crippen LogP contribution in [-0.4, -0.2) is 18.1 Å². The first-order chi connectivity index (χ1) is 12.4. The largest absolute Gasteiger partial charge is 0.508 e. The molecule has 0 aliphatic heterocycles. The minimum absolute atomic E-state index is 0.0322. The first-order valence-corrected chi connectivity index (χ1v) is 10.4. The number of benzene rings is 2. The molecule has 2 rings (SSSR count). The standard InChI is InChI=1S/C20H26O5S/c1-2-3-4-5-6-7-11-16-17(21)12-10-14-18(16)25-19-13-8-9-15-20(19)26(22,23)24/h8-10,12-15,21H,2-7,11H2,1H3,(H,22,23,24). The molecule has 142 valence electrons. The van der Waals surface area contributed by atoms with Crippen molar-refractivity contribution in [2.75, 3.05) is 0 Å². The zero-order chi connectivity index (χ0) is 19.0. The van der Waals surface area contributed by atoms with Crippen molar-refractivity contribution in [3.05, 3.63) is 48.0 Å². The topological polar surface area (TPSA) is 83.8 Å². The average molecular weight is 378 g/mol. The molecule has 0 saturated carbocycles. The maximum Gasteiger partial charge on any atom is 0.298 e. The Kier molecular flexibility index (Phi) is 7.48. The smallest absolute Gasteiger partial charge is 0.298 e. The van der Waals surface area contributed by atoms with E-state index in [1.807, 2.05) is 0 Å². The molecule has 0 heterocycles. The summed E-state index contributed by atoms with van der Waals surface area (Å²) in [5.41, 5.74) is 0.646. The second kappa shape index (κ2) is 9.59. The van der Waals surface area contributed by atoms with Crippen molar-refractivity contribution in [2.45, 2.75) is 56.8 Å². The van der Waals surface area contributed by atoms with E-state index < -0.39 is 10.1 Å². The molecule has 0 aliphatic carbocycles. The summed E-state index contributed by atoms with van der Waals surface area (Å²) >= 11 is 0. The molecule has 5 nitrogen and oxygen atoms in total. The van der Waals surface area contributed by atoms with Crippen LogP contribution in [0.2, 0.25) is 0 Å². The molecule has 2 aromatic rings. The predicted octanol–water partition coefficient (Wildman–Crippen LogP) is 5.33. The Morgan fingerprint density at radius 1 is 0.885 bits per heavy atom. The second-order valence-corrected chi connectivity index (χ2v) is 7.69. The van der Waals surface area contributed by atoms with Gasteiger partial charge in [0.15, 0.2) is 0 Å². The van der Waals surface area contributed by atoms with Gasteiger partial charge in [0.2, 0.25) is 0 Å². The highest BCUT2D eigenvalue weighted by molar-refractivity contribution is 7.86. The van der Waals surface area contributed by atoms with Crippen LogP contribution in [0, 0.1) is 0 Å². The number of hydrogen-bond donors (Lipinski definition) is 2. The number of hydrogen-bond acceptors (Lipinski definition) is 4. The molecule has 26 heavy (non-hydrogen) atoms. The summed E-state index contributed by atoms with van der Waals surface area (Å²) in [6, 6.07) is 10.8. The van der Waals surface area contributed by atoms with Gasteiger partial charge in [-0.15, -0.1) is 0 Å². The van der Waals surface area contributed by atoms with Gasteiger partial charge in [-0.2, -0.15) is 8.42 Å². The highest BCUT2D eigenvalue weighted by atomic mass is 32.2. The lowest BCUT2D eigenvalue weighted by Gasteiger charge is -2.14. The minimum Gasteiger partial charge on any atom is -0.508 e. The van der Waals surface area contributed by atoms with Gasteiger partial charge >= 0.3 is 0 Å². The van der Waals surface area contributed by atoms with Crippen molar-refractivity contribution >= 4 is 10.1 Å². The molecule has 0 spiro atoms. The van der Waals surface area contributed by atoms with Crippen molar-refractivity contribution in [1.82, 2.24) is 0 Å². The maximum absolute atomic E-state index is 11.5. The van der Waals surface area contributed by atoms with Gasteiger partial charge in [-0.05, 0) is 37.1 Å². The fourth-order valence-corrected chi connectivity index (χ4v) is 3.46. The van der Waals surface area contributed by atoms with E-state index in [0.717, 1.165) is 19.3 Å². The third-order valence-electron chi connectivity index (χ3n) is 4.24. The van der Waals surface area contributed by atoms with Crippen molar-refractivity contribution in [1.29, 1.82) is 0 Å². The van der Waals surface area contributed by atoms with Gasteiger partial charge < -0.3 is 9.84 Å². The number of ether oxygens (including phenoxy) is 1. The van der Waals surface area contributed by atoms with E-state index in [4.69, 9.17) is 4.74 Å². The Morgan fingerprint density at radius 2 is 1.54 bits per heavy atom. The van der Waals surface area contributed by atoms with Crippen molar-refractivity contribution in [3.63, 3.8) is 0 Å². The van der Waals surface area contributed by atoms with Gasteiger partial charge in [-0.3, -0.25) is 4.55 Å². The molecule has 0 saturated heterocycles. The summed E-state index contributed by atoms with van der Waals surface area (Å²) in [6.45, 7) is 2.18. The quantitative estimate of drug-likeness (QED) is 0.431. The number of phenolic OH excluding ortho intramolecular Hbond substituents is 1. The normalized spacial score (nSPS) is 11.5. The average Bonchev–Trinajstić information content (AvgIpc) is 2.59. The Balaban J connectivity index is 2.15. The van der Waals surface area contributed by atoms with E-state index in [1.165, 1.54) is 37.5 Å². The number of para-hydroxylation sites is 1. The van der Waals surface area contributed by atoms with Crippen LogP contribution in [-0.2, 0) is 16.5 Å². The van der Waals surface area contributed by atoms with Gasteiger partial charge in [0.05, 0.1) is 0 Å². The molecule has 2 aromatic carbocycles. The Morgan fingerprint density at radius 3 is 2.27 bits per heavy atom. The Bertz CT molecular complexity index is 815. The van der Waals surface area contributed by atoms with Gasteiger partial charge in [0, 0.05) is 5.56 Å². The number of rotatable bonds is 10. The number of phenols is 1.